The van der Waals surface area contributed by atoms with Crippen LogP contribution in [0, 0.1) is 5.92 Å². The van der Waals surface area contributed by atoms with Crippen LogP contribution in [0.2, 0.25) is 5.02 Å². The molecule has 20 heavy (non-hydrogen) atoms. The van der Waals surface area contributed by atoms with Gasteiger partial charge in [0.05, 0.1) is 0 Å². The lowest BCUT2D eigenvalue weighted by molar-refractivity contribution is -0.119. The van der Waals surface area contributed by atoms with Crippen molar-refractivity contribution in [3.05, 3.63) is 40.4 Å². The van der Waals surface area contributed by atoms with Crippen molar-refractivity contribution in [2.24, 2.45) is 5.92 Å². The number of ketones is 1. The predicted octanol–water partition coefficient (Wildman–Crippen LogP) is 4.04. The highest BCUT2D eigenvalue weighted by Gasteiger charge is 2.25. The molecule has 0 amide bonds. The molecule has 2 nitrogen and oxygen atoms in total. The van der Waals surface area contributed by atoms with Gasteiger partial charge >= 0.3 is 0 Å². The summed E-state index contributed by atoms with van der Waals surface area (Å²) in [4.78, 5) is 14.8. The summed E-state index contributed by atoms with van der Waals surface area (Å²) in [5.41, 5.74) is 1.88. The van der Waals surface area contributed by atoms with Crippen LogP contribution in [0.15, 0.2) is 29.8 Å². The van der Waals surface area contributed by atoms with Crippen LogP contribution in [0.4, 0.5) is 0 Å². The van der Waals surface area contributed by atoms with Crippen molar-refractivity contribution in [1.82, 2.24) is 4.90 Å². The van der Waals surface area contributed by atoms with E-state index in [9.17, 15) is 4.79 Å². The van der Waals surface area contributed by atoms with Gasteiger partial charge in [0.15, 0.2) is 5.78 Å². The molecular weight excluding hydrogens is 270 g/mol. The highest BCUT2D eigenvalue weighted by atomic mass is 35.5. The lowest BCUT2D eigenvalue weighted by atomic mass is 9.94. The van der Waals surface area contributed by atoms with Gasteiger partial charge in [-0.25, -0.2) is 0 Å². The fraction of sp³-hybridized carbons (Fsp3) is 0.471. The quantitative estimate of drug-likeness (QED) is 0.619. The fourth-order valence-corrected chi connectivity index (χ4v) is 2.95. The molecule has 1 aromatic carbocycles. The summed E-state index contributed by atoms with van der Waals surface area (Å²) in [6.07, 6.45) is 6.07. The Balaban J connectivity index is 2.25. The third-order valence-corrected chi connectivity index (χ3v) is 4.10. The van der Waals surface area contributed by atoms with Crippen LogP contribution in [-0.4, -0.2) is 31.3 Å². The lowest BCUT2D eigenvalue weighted by Crippen LogP contribution is -2.27. The van der Waals surface area contributed by atoms with Gasteiger partial charge in [0.25, 0.3) is 0 Å². The van der Waals surface area contributed by atoms with Gasteiger partial charge in [-0.05, 0) is 56.6 Å². The van der Waals surface area contributed by atoms with Crippen molar-refractivity contribution < 1.29 is 4.79 Å². The molecule has 0 bridgehead atoms. The molecule has 0 heterocycles. The zero-order valence-electron chi connectivity index (χ0n) is 12.2. The topological polar surface area (TPSA) is 20.3 Å². The normalized spacial score (nSPS) is 22.3. The lowest BCUT2D eigenvalue weighted by Gasteiger charge is -2.18. The molecule has 0 N–H and O–H groups in total. The zero-order valence-corrected chi connectivity index (χ0v) is 13.0. The van der Waals surface area contributed by atoms with Crippen molar-refractivity contribution >= 4 is 23.5 Å². The Bertz CT molecular complexity index is 507. The number of hydrogen-bond acceptors (Lipinski definition) is 2. The second-order valence-corrected chi connectivity index (χ2v) is 6.17. The van der Waals surface area contributed by atoms with Gasteiger partial charge in [-0.15, -0.1) is 0 Å². The van der Waals surface area contributed by atoms with E-state index in [-0.39, 0.29) is 5.92 Å². The van der Waals surface area contributed by atoms with Crippen LogP contribution in [0.3, 0.4) is 0 Å². The van der Waals surface area contributed by atoms with Crippen LogP contribution in [-0.2, 0) is 4.79 Å². The van der Waals surface area contributed by atoms with Gasteiger partial charge in [0.1, 0.15) is 0 Å². The maximum Gasteiger partial charge on any atom is 0.163 e. The maximum atomic E-state index is 12.7. The van der Waals surface area contributed by atoms with Gasteiger partial charge in [-0.1, -0.05) is 36.2 Å². The van der Waals surface area contributed by atoms with E-state index in [1.54, 1.807) is 0 Å². The Morgan fingerprint density at radius 1 is 1.30 bits per heavy atom. The van der Waals surface area contributed by atoms with Gasteiger partial charge < -0.3 is 4.90 Å². The second kappa shape index (κ2) is 7.05. The molecule has 1 saturated carbocycles. The first-order valence-electron chi connectivity index (χ1n) is 7.22. The van der Waals surface area contributed by atoms with Crippen molar-refractivity contribution in [1.29, 1.82) is 0 Å². The number of allylic oxidation sites excluding steroid dienone is 1. The molecule has 1 aromatic rings. The van der Waals surface area contributed by atoms with Crippen molar-refractivity contribution in [2.45, 2.75) is 25.7 Å². The molecule has 0 spiro atoms. The van der Waals surface area contributed by atoms with Crippen LogP contribution in [0.5, 0.6) is 0 Å². The first kappa shape index (κ1) is 15.3. The summed E-state index contributed by atoms with van der Waals surface area (Å²) >= 11 is 6.19. The summed E-state index contributed by atoms with van der Waals surface area (Å²) in [5, 5.41) is 0.709. The smallest absolute Gasteiger partial charge is 0.163 e. The van der Waals surface area contributed by atoms with Crippen LogP contribution < -0.4 is 0 Å². The Morgan fingerprint density at radius 2 is 2.05 bits per heavy atom. The maximum absolute atomic E-state index is 12.7. The monoisotopic (exact) mass is 291 g/mol. The van der Waals surface area contributed by atoms with E-state index in [1.807, 2.05) is 44.4 Å². The number of nitrogens with zero attached hydrogens (tertiary/aromatic N) is 1. The van der Waals surface area contributed by atoms with E-state index in [4.69, 9.17) is 11.6 Å². The highest BCUT2D eigenvalue weighted by Crippen LogP contribution is 2.28. The van der Waals surface area contributed by atoms with Crippen molar-refractivity contribution in [3.8, 4) is 0 Å². The minimum atomic E-state index is 0.126. The number of benzene rings is 1. The molecule has 3 heteroatoms. The predicted molar refractivity (Wildman–Crippen MR) is 84.9 cm³/mol. The summed E-state index contributed by atoms with van der Waals surface area (Å²) in [7, 11) is 4.05. The van der Waals surface area contributed by atoms with E-state index < -0.39 is 0 Å². The van der Waals surface area contributed by atoms with Crippen LogP contribution >= 0.6 is 11.6 Å². The van der Waals surface area contributed by atoms with Crippen molar-refractivity contribution in [3.63, 3.8) is 0 Å². The third-order valence-electron chi connectivity index (χ3n) is 3.76. The number of Topliss-reactive ketones (excluding diaryl/α,β-unsaturated/α-hetero) is 1. The molecule has 1 aliphatic carbocycles. The van der Waals surface area contributed by atoms with Gasteiger partial charge in [-0.3, -0.25) is 4.79 Å². The molecule has 0 aromatic heterocycles. The standard InChI is InChI=1S/C17H22ClNO/c1-19(2)12-15-9-4-3-8-14(17(15)20)11-13-7-5-6-10-16(13)18/h5-7,10-11,15H,3-4,8-9,12H2,1-2H3/b14-11-. The Hall–Kier alpha value is -1.12. The largest absolute Gasteiger partial charge is 0.309 e. The molecule has 1 unspecified atom stereocenters. The fourth-order valence-electron chi connectivity index (χ4n) is 2.76. The van der Waals surface area contributed by atoms with E-state index in [0.29, 0.717) is 10.8 Å². The van der Waals surface area contributed by atoms with E-state index in [2.05, 4.69) is 4.90 Å². The molecule has 1 fully saturated rings. The minimum Gasteiger partial charge on any atom is -0.309 e. The van der Waals surface area contributed by atoms with Crippen LogP contribution in [0.1, 0.15) is 31.2 Å². The minimum absolute atomic E-state index is 0.126. The first-order chi connectivity index (χ1) is 9.58. The van der Waals surface area contributed by atoms with Crippen LogP contribution in [0.25, 0.3) is 6.08 Å². The summed E-state index contributed by atoms with van der Waals surface area (Å²) < 4.78 is 0. The van der Waals surface area contributed by atoms with E-state index in [0.717, 1.165) is 43.4 Å². The molecule has 0 radical (unpaired) electrons. The second-order valence-electron chi connectivity index (χ2n) is 5.76. The summed E-state index contributed by atoms with van der Waals surface area (Å²) in [6, 6.07) is 7.70. The molecule has 108 valence electrons. The zero-order chi connectivity index (χ0) is 14.5. The van der Waals surface area contributed by atoms with Gasteiger partial charge in [-0.2, -0.15) is 0 Å². The van der Waals surface area contributed by atoms with Crippen molar-refractivity contribution in [2.75, 3.05) is 20.6 Å². The molecule has 0 saturated heterocycles. The third kappa shape index (κ3) is 3.94. The van der Waals surface area contributed by atoms with E-state index >= 15 is 0 Å². The number of halogens is 1. The molecule has 1 aliphatic rings. The summed E-state index contributed by atoms with van der Waals surface area (Å²) in [6.45, 7) is 0.832. The summed E-state index contributed by atoms with van der Waals surface area (Å²) in [5.74, 6) is 0.428. The van der Waals surface area contributed by atoms with E-state index in [1.165, 1.54) is 0 Å². The number of carbonyl (C=O) groups excluding carboxylic acids is 1. The average Bonchev–Trinajstić information content (AvgIpc) is 2.56. The Kier molecular flexibility index (Phi) is 5.38. The average molecular weight is 292 g/mol. The Labute approximate surface area is 126 Å². The number of hydrogen-bond donors (Lipinski definition) is 0. The first-order valence-corrected chi connectivity index (χ1v) is 7.60. The molecular formula is C17H22ClNO. The van der Waals surface area contributed by atoms with Gasteiger partial charge in [0.2, 0.25) is 0 Å². The molecule has 0 aliphatic heterocycles. The molecule has 2 rings (SSSR count). The van der Waals surface area contributed by atoms with Gasteiger partial charge in [0, 0.05) is 17.5 Å². The Morgan fingerprint density at radius 3 is 2.75 bits per heavy atom. The number of rotatable bonds is 3. The SMILES string of the molecule is CN(C)CC1CCCC/C(=C/c2ccccc2Cl)C1=O. The molecule has 1 atom stereocenters. The number of carbonyl (C=O) groups is 1. The highest BCUT2D eigenvalue weighted by molar-refractivity contribution is 6.32.